The molecule has 1 amide bonds. The normalized spacial score (nSPS) is 11.4. The van der Waals surface area contributed by atoms with Gasteiger partial charge in [-0.1, -0.05) is 0 Å². The predicted molar refractivity (Wildman–Crippen MR) is 72.8 cm³/mol. The molecule has 0 radical (unpaired) electrons. The fourth-order valence-corrected chi connectivity index (χ4v) is 1.48. The van der Waals surface area contributed by atoms with E-state index in [1.165, 1.54) is 0 Å². The lowest BCUT2D eigenvalue weighted by atomic mass is 10.00. The van der Waals surface area contributed by atoms with Crippen LogP contribution in [0.3, 0.4) is 0 Å². The third-order valence-corrected chi connectivity index (χ3v) is 3.12. The van der Waals surface area contributed by atoms with Crippen molar-refractivity contribution in [1.29, 1.82) is 0 Å². The molecule has 1 heterocycles. The minimum absolute atomic E-state index is 0.0576. The summed E-state index contributed by atoms with van der Waals surface area (Å²) in [6, 6.07) is 3.63. The number of hydrogen-bond acceptors (Lipinski definition) is 3. The molecule has 1 rings (SSSR count). The van der Waals surface area contributed by atoms with Gasteiger partial charge < -0.3 is 11.1 Å². The van der Waals surface area contributed by atoms with Gasteiger partial charge >= 0.3 is 0 Å². The Labute approximate surface area is 110 Å². The van der Waals surface area contributed by atoms with Crippen LogP contribution >= 0.6 is 15.9 Å². The minimum Gasteiger partial charge on any atom is -0.326 e. The van der Waals surface area contributed by atoms with Crippen LogP contribution in [0.2, 0.25) is 0 Å². The van der Waals surface area contributed by atoms with Crippen LogP contribution in [0.15, 0.2) is 16.6 Å². The fourth-order valence-electron chi connectivity index (χ4n) is 1.25. The van der Waals surface area contributed by atoms with E-state index in [0.29, 0.717) is 18.7 Å². The highest BCUT2D eigenvalue weighted by molar-refractivity contribution is 9.10. The molecule has 1 aromatic rings. The van der Waals surface area contributed by atoms with E-state index in [4.69, 9.17) is 5.73 Å². The van der Waals surface area contributed by atoms with Crippen molar-refractivity contribution >= 4 is 27.7 Å². The van der Waals surface area contributed by atoms with Crippen LogP contribution in [-0.4, -0.2) is 16.4 Å². The van der Waals surface area contributed by atoms with Crippen LogP contribution in [0, 0.1) is 6.92 Å². The average Bonchev–Trinajstić information content (AvgIpc) is 2.20. The zero-order valence-corrected chi connectivity index (χ0v) is 12.0. The molecule has 0 fully saturated rings. The highest BCUT2D eigenvalue weighted by Gasteiger charge is 2.13. The number of halogens is 1. The largest absolute Gasteiger partial charge is 0.326 e. The summed E-state index contributed by atoms with van der Waals surface area (Å²) >= 11 is 3.36. The molecule has 0 saturated carbocycles. The lowest BCUT2D eigenvalue weighted by Gasteiger charge is -2.17. The molecule has 0 aliphatic carbocycles. The van der Waals surface area contributed by atoms with E-state index < -0.39 is 0 Å². The van der Waals surface area contributed by atoms with Gasteiger partial charge in [0.15, 0.2) is 0 Å². The maximum absolute atomic E-state index is 11.6. The molecule has 94 valence electrons. The summed E-state index contributed by atoms with van der Waals surface area (Å²) in [4.78, 5) is 15.9. The number of aryl methyl sites for hydroxylation is 1. The first-order valence-electron chi connectivity index (χ1n) is 5.50. The summed E-state index contributed by atoms with van der Waals surface area (Å²) < 4.78 is 0.929. The SMILES string of the molecule is Cc1nc(NC(=O)CCC(C)(C)N)ccc1Br. The Bertz CT molecular complexity index is 413. The van der Waals surface area contributed by atoms with Crippen LogP contribution in [-0.2, 0) is 4.79 Å². The minimum atomic E-state index is -0.319. The van der Waals surface area contributed by atoms with Crippen LogP contribution in [0.4, 0.5) is 5.82 Å². The monoisotopic (exact) mass is 299 g/mol. The van der Waals surface area contributed by atoms with Gasteiger partial charge in [-0.05, 0) is 55.3 Å². The number of hydrogen-bond donors (Lipinski definition) is 2. The highest BCUT2D eigenvalue weighted by atomic mass is 79.9. The number of nitrogens with zero attached hydrogens (tertiary/aromatic N) is 1. The molecule has 1 aromatic heterocycles. The van der Waals surface area contributed by atoms with Gasteiger partial charge in [-0.25, -0.2) is 4.98 Å². The number of nitrogens with two attached hydrogens (primary N) is 1. The fraction of sp³-hybridized carbons (Fsp3) is 0.500. The average molecular weight is 300 g/mol. The topological polar surface area (TPSA) is 68.0 Å². The second-order valence-electron chi connectivity index (χ2n) is 4.80. The third-order valence-electron chi connectivity index (χ3n) is 2.29. The van der Waals surface area contributed by atoms with Gasteiger partial charge in [0.2, 0.25) is 5.91 Å². The van der Waals surface area contributed by atoms with E-state index in [2.05, 4.69) is 26.2 Å². The first-order chi connectivity index (χ1) is 7.78. The van der Waals surface area contributed by atoms with E-state index in [1.54, 1.807) is 6.07 Å². The maximum atomic E-state index is 11.6. The molecular weight excluding hydrogens is 282 g/mol. The van der Waals surface area contributed by atoms with Crippen molar-refractivity contribution in [3.63, 3.8) is 0 Å². The van der Waals surface area contributed by atoms with Crippen molar-refractivity contribution in [2.75, 3.05) is 5.32 Å². The van der Waals surface area contributed by atoms with Crippen molar-refractivity contribution in [3.8, 4) is 0 Å². The number of carbonyl (C=O) groups excluding carboxylic acids is 1. The molecule has 4 nitrogen and oxygen atoms in total. The Kier molecular flexibility index (Phi) is 4.65. The zero-order chi connectivity index (χ0) is 13.1. The van der Waals surface area contributed by atoms with E-state index in [9.17, 15) is 4.79 Å². The maximum Gasteiger partial charge on any atom is 0.225 e. The van der Waals surface area contributed by atoms with Crippen molar-refractivity contribution in [2.24, 2.45) is 5.73 Å². The summed E-state index contributed by atoms with van der Waals surface area (Å²) in [5, 5.41) is 2.76. The number of rotatable bonds is 4. The molecule has 3 N–H and O–H groups in total. The Morgan fingerprint density at radius 1 is 1.53 bits per heavy atom. The molecule has 5 heteroatoms. The zero-order valence-electron chi connectivity index (χ0n) is 10.4. The van der Waals surface area contributed by atoms with Gasteiger partial charge in [-0.3, -0.25) is 4.79 Å². The smallest absolute Gasteiger partial charge is 0.225 e. The Balaban J connectivity index is 2.54. The third kappa shape index (κ3) is 5.28. The first kappa shape index (κ1) is 14.1. The molecule has 0 saturated heterocycles. The van der Waals surface area contributed by atoms with Crippen molar-refractivity contribution in [2.45, 2.75) is 39.2 Å². The number of carbonyl (C=O) groups is 1. The van der Waals surface area contributed by atoms with Gasteiger partial charge in [-0.15, -0.1) is 0 Å². The molecule has 0 atom stereocenters. The molecule has 0 unspecified atom stereocenters. The molecule has 0 aliphatic rings. The Morgan fingerprint density at radius 2 is 2.18 bits per heavy atom. The molecule has 0 bridgehead atoms. The summed E-state index contributed by atoms with van der Waals surface area (Å²) in [5.74, 6) is 0.517. The lowest BCUT2D eigenvalue weighted by molar-refractivity contribution is -0.116. The lowest BCUT2D eigenvalue weighted by Crippen LogP contribution is -2.33. The molecule has 17 heavy (non-hydrogen) atoms. The van der Waals surface area contributed by atoms with Gasteiger partial charge in [0.05, 0.1) is 5.69 Å². The highest BCUT2D eigenvalue weighted by Crippen LogP contribution is 2.16. The van der Waals surface area contributed by atoms with Gasteiger partial charge in [-0.2, -0.15) is 0 Å². The summed E-state index contributed by atoms with van der Waals surface area (Å²) in [6.07, 6.45) is 1.05. The number of anilines is 1. The van der Waals surface area contributed by atoms with Crippen molar-refractivity contribution in [3.05, 3.63) is 22.3 Å². The van der Waals surface area contributed by atoms with E-state index >= 15 is 0 Å². The Morgan fingerprint density at radius 3 is 2.71 bits per heavy atom. The van der Waals surface area contributed by atoms with E-state index in [0.717, 1.165) is 10.2 Å². The van der Waals surface area contributed by atoms with Crippen LogP contribution in [0.5, 0.6) is 0 Å². The number of aromatic nitrogens is 1. The second kappa shape index (κ2) is 5.60. The van der Waals surface area contributed by atoms with Crippen LogP contribution < -0.4 is 11.1 Å². The number of pyridine rings is 1. The summed E-state index contributed by atoms with van der Waals surface area (Å²) in [5.41, 5.74) is 6.35. The Hall–Kier alpha value is -0.940. The molecule has 0 aliphatic heterocycles. The van der Waals surface area contributed by atoms with Gasteiger partial charge in [0.1, 0.15) is 5.82 Å². The predicted octanol–water partition coefficient (Wildman–Crippen LogP) is 2.61. The van der Waals surface area contributed by atoms with Crippen LogP contribution in [0.25, 0.3) is 0 Å². The van der Waals surface area contributed by atoms with Gasteiger partial charge in [0, 0.05) is 16.4 Å². The molecule has 0 aromatic carbocycles. The summed E-state index contributed by atoms with van der Waals surface area (Å²) in [6.45, 7) is 5.69. The van der Waals surface area contributed by atoms with E-state index in [1.807, 2.05) is 26.8 Å². The number of nitrogens with one attached hydrogen (secondary N) is 1. The van der Waals surface area contributed by atoms with E-state index in [-0.39, 0.29) is 11.4 Å². The number of amides is 1. The van der Waals surface area contributed by atoms with Crippen molar-refractivity contribution in [1.82, 2.24) is 4.98 Å². The second-order valence-corrected chi connectivity index (χ2v) is 5.65. The first-order valence-corrected chi connectivity index (χ1v) is 6.29. The summed E-state index contributed by atoms with van der Waals surface area (Å²) in [7, 11) is 0. The van der Waals surface area contributed by atoms with Crippen molar-refractivity contribution < 1.29 is 4.79 Å². The quantitative estimate of drug-likeness (QED) is 0.898. The van der Waals surface area contributed by atoms with Gasteiger partial charge in [0.25, 0.3) is 0 Å². The standard InChI is InChI=1S/C12H18BrN3O/c1-8-9(13)4-5-10(15-8)16-11(17)6-7-12(2,3)14/h4-5H,6-7,14H2,1-3H3,(H,15,16,17). The van der Waals surface area contributed by atoms with Crippen LogP contribution in [0.1, 0.15) is 32.4 Å². The molecule has 0 spiro atoms. The molecular formula is C12H18BrN3O.